The first kappa shape index (κ1) is 17.1. The number of rotatable bonds is 5. The smallest absolute Gasteiger partial charge is 0.232 e. The molecule has 0 unspecified atom stereocenters. The molecule has 1 fully saturated rings. The number of benzene rings is 1. The van der Waals surface area contributed by atoms with E-state index in [9.17, 15) is 4.79 Å². The van der Waals surface area contributed by atoms with Crippen molar-refractivity contribution in [1.82, 2.24) is 9.47 Å². The summed E-state index contributed by atoms with van der Waals surface area (Å²) in [7, 11) is 1.99. The van der Waals surface area contributed by atoms with E-state index in [4.69, 9.17) is 11.6 Å². The summed E-state index contributed by atoms with van der Waals surface area (Å²) >= 11 is 6.54. The van der Waals surface area contributed by atoms with E-state index in [1.807, 2.05) is 34.7 Å². The summed E-state index contributed by atoms with van der Waals surface area (Å²) < 4.78 is 2.02. The largest absolute Gasteiger partial charge is 0.342 e. The Morgan fingerprint density at radius 2 is 2.12 bits per heavy atom. The molecule has 2 aromatic rings. The zero-order valence-corrected chi connectivity index (χ0v) is 15.3. The predicted octanol–water partition coefficient (Wildman–Crippen LogP) is 4.58. The van der Waals surface area contributed by atoms with E-state index in [2.05, 4.69) is 25.6 Å². The number of para-hydroxylation sites is 1. The zero-order chi connectivity index (χ0) is 17.3. The average molecular weight is 345 g/mol. The lowest BCUT2D eigenvalue weighted by Crippen LogP contribution is -2.48. The number of aromatic nitrogens is 1. The molecule has 0 aliphatic carbocycles. The molecule has 1 aromatic heterocycles. The summed E-state index contributed by atoms with van der Waals surface area (Å²) in [6.45, 7) is 7.53. The first-order chi connectivity index (χ1) is 11.5. The van der Waals surface area contributed by atoms with Crippen LogP contribution in [0.15, 0.2) is 36.9 Å². The highest BCUT2D eigenvalue weighted by Crippen LogP contribution is 2.36. The van der Waals surface area contributed by atoms with Gasteiger partial charge in [-0.2, -0.15) is 0 Å². The molecule has 4 heteroatoms. The minimum absolute atomic E-state index is 0.225. The SMILES string of the molecule is C=C[C@]1(CC)CCCN(CCc2c(Cl)n(C)c3ccccc23)C1=O. The van der Waals surface area contributed by atoms with E-state index >= 15 is 0 Å². The average Bonchev–Trinajstić information content (AvgIpc) is 2.86. The lowest BCUT2D eigenvalue weighted by molar-refractivity contribution is -0.143. The fourth-order valence-electron chi connectivity index (χ4n) is 3.91. The van der Waals surface area contributed by atoms with E-state index in [0.29, 0.717) is 6.54 Å². The molecule has 0 radical (unpaired) electrons. The molecule has 128 valence electrons. The van der Waals surface area contributed by atoms with Gasteiger partial charge in [0.25, 0.3) is 0 Å². The summed E-state index contributed by atoms with van der Waals surface area (Å²) in [6.07, 6.45) is 5.41. The molecule has 1 amide bonds. The second kappa shape index (κ2) is 6.64. The Labute approximate surface area is 148 Å². The zero-order valence-electron chi connectivity index (χ0n) is 14.5. The van der Waals surface area contributed by atoms with Crippen molar-refractivity contribution in [3.05, 3.63) is 47.6 Å². The number of carbonyl (C=O) groups excluding carboxylic acids is 1. The highest BCUT2D eigenvalue weighted by atomic mass is 35.5. The van der Waals surface area contributed by atoms with Crippen molar-refractivity contribution in [2.45, 2.75) is 32.6 Å². The lowest BCUT2D eigenvalue weighted by atomic mass is 9.77. The van der Waals surface area contributed by atoms with Crippen molar-refractivity contribution in [1.29, 1.82) is 0 Å². The van der Waals surface area contributed by atoms with Crippen LogP contribution in [0, 0.1) is 5.41 Å². The molecule has 3 nitrogen and oxygen atoms in total. The molecule has 1 aliphatic heterocycles. The summed E-state index contributed by atoms with van der Waals surface area (Å²) in [5, 5.41) is 1.95. The third kappa shape index (κ3) is 2.65. The summed E-state index contributed by atoms with van der Waals surface area (Å²) in [5.41, 5.74) is 1.89. The number of likely N-dealkylation sites (tertiary alicyclic amines) is 1. The van der Waals surface area contributed by atoms with Crippen molar-refractivity contribution >= 4 is 28.4 Å². The van der Waals surface area contributed by atoms with Crippen LogP contribution in [0.4, 0.5) is 0 Å². The first-order valence-corrected chi connectivity index (χ1v) is 9.06. The number of amides is 1. The van der Waals surface area contributed by atoms with Gasteiger partial charge in [0.2, 0.25) is 5.91 Å². The molecule has 0 saturated carbocycles. The molecule has 0 spiro atoms. The number of nitrogens with zero attached hydrogens (tertiary/aromatic N) is 2. The number of aryl methyl sites for hydroxylation is 1. The number of hydrogen-bond acceptors (Lipinski definition) is 1. The van der Waals surface area contributed by atoms with Gasteiger partial charge in [-0.05, 0) is 37.3 Å². The quantitative estimate of drug-likeness (QED) is 0.729. The Morgan fingerprint density at radius 1 is 1.38 bits per heavy atom. The summed E-state index contributed by atoms with van der Waals surface area (Å²) in [4.78, 5) is 14.9. The van der Waals surface area contributed by atoms with Crippen molar-refractivity contribution < 1.29 is 4.79 Å². The van der Waals surface area contributed by atoms with Gasteiger partial charge in [-0.3, -0.25) is 4.79 Å². The second-order valence-electron chi connectivity index (χ2n) is 6.71. The van der Waals surface area contributed by atoms with E-state index < -0.39 is 0 Å². The Bertz CT molecular complexity index is 779. The molecule has 1 atom stereocenters. The molecule has 0 N–H and O–H groups in total. The highest BCUT2D eigenvalue weighted by Gasteiger charge is 2.39. The molecule has 1 aromatic carbocycles. The monoisotopic (exact) mass is 344 g/mol. The van der Waals surface area contributed by atoms with Crippen LogP contribution in [0.3, 0.4) is 0 Å². The molecular formula is C20H25ClN2O. The lowest BCUT2D eigenvalue weighted by Gasteiger charge is -2.39. The first-order valence-electron chi connectivity index (χ1n) is 8.69. The molecular weight excluding hydrogens is 320 g/mol. The second-order valence-corrected chi connectivity index (χ2v) is 7.06. The van der Waals surface area contributed by atoms with Gasteiger partial charge in [-0.25, -0.2) is 0 Å². The standard InChI is InChI=1S/C20H25ClN2O/c1-4-20(5-2)12-8-13-23(19(20)24)14-11-16-15-9-6-7-10-17(15)22(3)18(16)21/h4,6-7,9-10H,1,5,8,11-14H2,2-3H3/t20-/m0/s1. The minimum Gasteiger partial charge on any atom is -0.342 e. The van der Waals surface area contributed by atoms with Crippen LogP contribution in [0.1, 0.15) is 31.7 Å². The van der Waals surface area contributed by atoms with Gasteiger partial charge in [0.05, 0.1) is 5.41 Å². The third-order valence-corrected chi connectivity index (χ3v) is 6.03. The van der Waals surface area contributed by atoms with Crippen LogP contribution < -0.4 is 0 Å². The molecule has 3 rings (SSSR count). The fraction of sp³-hybridized carbons (Fsp3) is 0.450. The number of hydrogen-bond donors (Lipinski definition) is 0. The highest BCUT2D eigenvalue weighted by molar-refractivity contribution is 6.32. The van der Waals surface area contributed by atoms with E-state index in [-0.39, 0.29) is 11.3 Å². The van der Waals surface area contributed by atoms with Crippen LogP contribution in [0.2, 0.25) is 5.15 Å². The molecule has 0 bridgehead atoms. The van der Waals surface area contributed by atoms with Crippen LogP contribution in [0.5, 0.6) is 0 Å². The van der Waals surface area contributed by atoms with Crippen LogP contribution in [0.25, 0.3) is 10.9 Å². The Balaban J connectivity index is 1.83. The van der Waals surface area contributed by atoms with Crippen molar-refractivity contribution in [2.24, 2.45) is 12.5 Å². The maximum absolute atomic E-state index is 12.9. The topological polar surface area (TPSA) is 25.2 Å². The van der Waals surface area contributed by atoms with E-state index in [0.717, 1.165) is 48.5 Å². The van der Waals surface area contributed by atoms with Gasteiger partial charge >= 0.3 is 0 Å². The maximum Gasteiger partial charge on any atom is 0.232 e. The van der Waals surface area contributed by atoms with Gasteiger partial charge in [0.15, 0.2) is 0 Å². The molecule has 1 aliphatic rings. The van der Waals surface area contributed by atoms with Gasteiger partial charge < -0.3 is 9.47 Å². The van der Waals surface area contributed by atoms with Crippen molar-refractivity contribution in [2.75, 3.05) is 13.1 Å². The number of halogens is 1. The number of fused-ring (bicyclic) bond motifs is 1. The maximum atomic E-state index is 12.9. The van der Waals surface area contributed by atoms with Gasteiger partial charge in [-0.1, -0.05) is 42.8 Å². The van der Waals surface area contributed by atoms with Crippen LogP contribution >= 0.6 is 11.6 Å². The minimum atomic E-state index is -0.374. The molecule has 2 heterocycles. The van der Waals surface area contributed by atoms with Crippen LogP contribution in [-0.4, -0.2) is 28.5 Å². The summed E-state index contributed by atoms with van der Waals surface area (Å²) in [6, 6.07) is 8.25. The third-order valence-electron chi connectivity index (χ3n) is 5.55. The molecule has 24 heavy (non-hydrogen) atoms. The Morgan fingerprint density at radius 3 is 2.83 bits per heavy atom. The number of piperidine rings is 1. The van der Waals surface area contributed by atoms with Crippen molar-refractivity contribution in [3.8, 4) is 0 Å². The van der Waals surface area contributed by atoms with Crippen LogP contribution in [-0.2, 0) is 18.3 Å². The van der Waals surface area contributed by atoms with Gasteiger partial charge in [-0.15, -0.1) is 6.58 Å². The summed E-state index contributed by atoms with van der Waals surface area (Å²) in [5.74, 6) is 0.225. The Kier molecular flexibility index (Phi) is 4.73. The predicted molar refractivity (Wildman–Crippen MR) is 100 cm³/mol. The van der Waals surface area contributed by atoms with E-state index in [1.165, 1.54) is 5.39 Å². The Hall–Kier alpha value is -1.74. The fourth-order valence-corrected chi connectivity index (χ4v) is 4.20. The number of carbonyl (C=O) groups is 1. The van der Waals surface area contributed by atoms with Crippen molar-refractivity contribution in [3.63, 3.8) is 0 Å². The van der Waals surface area contributed by atoms with E-state index in [1.54, 1.807) is 0 Å². The van der Waals surface area contributed by atoms with Gasteiger partial charge in [0.1, 0.15) is 5.15 Å². The molecule has 1 saturated heterocycles. The van der Waals surface area contributed by atoms with Gasteiger partial charge in [0, 0.05) is 31.0 Å². The normalized spacial score (nSPS) is 21.5.